The second-order valence-electron chi connectivity index (χ2n) is 6.30. The van der Waals surface area contributed by atoms with Gasteiger partial charge in [0, 0.05) is 25.5 Å². The van der Waals surface area contributed by atoms with Crippen molar-refractivity contribution in [2.24, 2.45) is 0 Å². The number of nitrogens with zero attached hydrogens (tertiary/aromatic N) is 3. The van der Waals surface area contributed by atoms with Gasteiger partial charge in [0.1, 0.15) is 0 Å². The molecular weight excluding hydrogens is 404 g/mol. The van der Waals surface area contributed by atoms with Gasteiger partial charge in [-0.2, -0.15) is 26.3 Å². The Morgan fingerprint density at radius 1 is 0.966 bits per heavy atom. The van der Waals surface area contributed by atoms with Gasteiger partial charge in [-0.1, -0.05) is 0 Å². The second kappa shape index (κ2) is 8.13. The molecule has 2 N–H and O–H groups in total. The number of halogens is 6. The van der Waals surface area contributed by atoms with E-state index in [2.05, 4.69) is 15.3 Å². The number of benzene rings is 1. The summed E-state index contributed by atoms with van der Waals surface area (Å²) >= 11 is 0. The number of anilines is 2. The van der Waals surface area contributed by atoms with Crippen molar-refractivity contribution >= 4 is 17.7 Å². The largest absolute Gasteiger partial charge is 0.416 e. The number of rotatable bonds is 4. The molecule has 1 heterocycles. The Labute approximate surface area is 161 Å². The summed E-state index contributed by atoms with van der Waals surface area (Å²) in [6.07, 6.45) is -10.0. The number of amides is 2. The lowest BCUT2D eigenvalue weighted by Gasteiger charge is -2.15. The molecular formula is C17H17F6N5O. The first-order chi connectivity index (χ1) is 13.3. The number of alkyl halides is 6. The highest BCUT2D eigenvalue weighted by Gasteiger charge is 2.37. The van der Waals surface area contributed by atoms with Crippen molar-refractivity contribution in [2.75, 3.05) is 24.3 Å². The standard InChI is InChI=1S/C17H17F6N5O/c1-9-4-13(26-14(25-9)28(2)3)8-24-15(29)27-12-6-10(16(18,19)20)5-11(7-12)17(21,22)23/h4-7H,8H2,1-3H3,(H2,24,27,29). The molecule has 2 rings (SSSR count). The van der Waals surface area contributed by atoms with Crippen LogP contribution in [0.3, 0.4) is 0 Å². The highest BCUT2D eigenvalue weighted by molar-refractivity contribution is 5.89. The zero-order valence-corrected chi connectivity index (χ0v) is 15.5. The summed E-state index contributed by atoms with van der Waals surface area (Å²) in [6, 6.07) is 1.43. The van der Waals surface area contributed by atoms with Crippen molar-refractivity contribution in [3.05, 3.63) is 46.8 Å². The Kier molecular flexibility index (Phi) is 6.24. The van der Waals surface area contributed by atoms with Crippen molar-refractivity contribution in [3.63, 3.8) is 0 Å². The van der Waals surface area contributed by atoms with Crippen LogP contribution in [0.5, 0.6) is 0 Å². The molecule has 2 amide bonds. The molecule has 0 saturated heterocycles. The lowest BCUT2D eigenvalue weighted by Crippen LogP contribution is -2.29. The summed E-state index contributed by atoms with van der Waals surface area (Å²) < 4.78 is 77.2. The summed E-state index contributed by atoms with van der Waals surface area (Å²) in [5, 5.41) is 4.32. The summed E-state index contributed by atoms with van der Waals surface area (Å²) in [5.74, 6) is 0.384. The molecule has 0 atom stereocenters. The van der Waals surface area contributed by atoms with E-state index >= 15 is 0 Å². The van der Waals surface area contributed by atoms with Gasteiger partial charge in [0.25, 0.3) is 0 Å². The number of aryl methyl sites for hydroxylation is 1. The molecule has 0 spiro atoms. The third kappa shape index (κ3) is 6.22. The zero-order chi connectivity index (χ0) is 22.0. The van der Waals surface area contributed by atoms with Gasteiger partial charge in [-0.05, 0) is 31.2 Å². The fourth-order valence-electron chi connectivity index (χ4n) is 2.28. The van der Waals surface area contributed by atoms with Crippen molar-refractivity contribution < 1.29 is 31.1 Å². The van der Waals surface area contributed by atoms with Gasteiger partial charge in [-0.25, -0.2) is 14.8 Å². The van der Waals surface area contributed by atoms with Gasteiger partial charge < -0.3 is 15.5 Å². The summed E-state index contributed by atoms with van der Waals surface area (Å²) in [7, 11) is 3.43. The SMILES string of the molecule is Cc1cc(CNC(=O)Nc2cc(C(F)(F)F)cc(C(F)(F)F)c2)nc(N(C)C)n1. The van der Waals surface area contributed by atoms with Crippen molar-refractivity contribution in [3.8, 4) is 0 Å². The Morgan fingerprint density at radius 2 is 1.52 bits per heavy atom. The van der Waals surface area contributed by atoms with Crippen LogP contribution in [-0.2, 0) is 18.9 Å². The Hall–Kier alpha value is -3.05. The molecule has 0 saturated carbocycles. The lowest BCUT2D eigenvalue weighted by atomic mass is 10.1. The van der Waals surface area contributed by atoms with E-state index in [0.29, 0.717) is 29.5 Å². The van der Waals surface area contributed by atoms with Crippen LogP contribution in [0.1, 0.15) is 22.5 Å². The van der Waals surface area contributed by atoms with E-state index in [1.807, 2.05) is 5.32 Å². The highest BCUT2D eigenvalue weighted by atomic mass is 19.4. The van der Waals surface area contributed by atoms with E-state index < -0.39 is 35.2 Å². The van der Waals surface area contributed by atoms with Gasteiger partial charge >= 0.3 is 18.4 Å². The maximum Gasteiger partial charge on any atom is 0.416 e. The summed E-state index contributed by atoms with van der Waals surface area (Å²) in [6.45, 7) is 1.60. The number of hydrogen-bond donors (Lipinski definition) is 2. The average molecular weight is 421 g/mol. The first kappa shape index (κ1) is 22.2. The molecule has 0 unspecified atom stereocenters. The van der Waals surface area contributed by atoms with Crippen molar-refractivity contribution in [1.82, 2.24) is 15.3 Å². The van der Waals surface area contributed by atoms with Crippen LogP contribution in [0.2, 0.25) is 0 Å². The minimum atomic E-state index is -5.00. The van der Waals surface area contributed by atoms with Crippen LogP contribution in [0.15, 0.2) is 24.3 Å². The van der Waals surface area contributed by atoms with Gasteiger partial charge in [0.15, 0.2) is 0 Å². The maximum absolute atomic E-state index is 12.9. The molecule has 0 aliphatic carbocycles. The van der Waals surface area contributed by atoms with E-state index in [9.17, 15) is 31.1 Å². The van der Waals surface area contributed by atoms with Gasteiger partial charge in [-0.3, -0.25) is 0 Å². The molecule has 6 nitrogen and oxygen atoms in total. The highest BCUT2D eigenvalue weighted by Crippen LogP contribution is 2.37. The molecule has 158 valence electrons. The van der Waals surface area contributed by atoms with E-state index in [0.717, 1.165) is 0 Å². The topological polar surface area (TPSA) is 70.2 Å². The van der Waals surface area contributed by atoms with Crippen LogP contribution in [0, 0.1) is 6.92 Å². The van der Waals surface area contributed by atoms with Crippen LogP contribution in [0.25, 0.3) is 0 Å². The third-order valence-corrected chi connectivity index (χ3v) is 3.57. The fourth-order valence-corrected chi connectivity index (χ4v) is 2.28. The zero-order valence-electron chi connectivity index (χ0n) is 15.5. The van der Waals surface area contributed by atoms with Gasteiger partial charge in [-0.15, -0.1) is 0 Å². The van der Waals surface area contributed by atoms with E-state index in [1.165, 1.54) is 0 Å². The van der Waals surface area contributed by atoms with E-state index in [1.54, 1.807) is 32.0 Å². The smallest absolute Gasteiger partial charge is 0.347 e. The Morgan fingerprint density at radius 3 is 2.00 bits per heavy atom. The number of aromatic nitrogens is 2. The summed E-state index contributed by atoms with van der Waals surface area (Å²) in [4.78, 5) is 22.0. The third-order valence-electron chi connectivity index (χ3n) is 3.57. The van der Waals surface area contributed by atoms with Crippen molar-refractivity contribution in [2.45, 2.75) is 25.8 Å². The maximum atomic E-state index is 12.9. The van der Waals surface area contributed by atoms with Crippen LogP contribution >= 0.6 is 0 Å². The van der Waals surface area contributed by atoms with E-state index in [4.69, 9.17) is 0 Å². The second-order valence-corrected chi connectivity index (χ2v) is 6.30. The number of carbonyl (C=O) groups excluding carboxylic acids is 1. The molecule has 0 aliphatic heterocycles. The molecule has 29 heavy (non-hydrogen) atoms. The predicted octanol–water partition coefficient (Wildman–Crippen LogP) is 4.21. The van der Waals surface area contributed by atoms with E-state index in [-0.39, 0.29) is 12.6 Å². The fraction of sp³-hybridized carbons (Fsp3) is 0.353. The van der Waals surface area contributed by atoms with Gasteiger partial charge in [0.2, 0.25) is 5.95 Å². The minimum absolute atomic E-state index is 0.0183. The lowest BCUT2D eigenvalue weighted by molar-refractivity contribution is -0.143. The summed E-state index contributed by atoms with van der Waals surface area (Å²) in [5.41, 5.74) is -2.66. The molecule has 0 aliphatic rings. The number of nitrogens with one attached hydrogen (secondary N) is 2. The molecule has 0 radical (unpaired) electrons. The molecule has 1 aromatic carbocycles. The van der Waals surface area contributed by atoms with Crippen molar-refractivity contribution in [1.29, 1.82) is 0 Å². The monoisotopic (exact) mass is 421 g/mol. The normalized spacial score (nSPS) is 11.9. The number of urea groups is 1. The first-order valence-electron chi connectivity index (χ1n) is 8.12. The Balaban J connectivity index is 2.16. The quantitative estimate of drug-likeness (QED) is 0.726. The molecule has 0 fully saturated rings. The Bertz CT molecular complexity index is 863. The first-order valence-corrected chi connectivity index (χ1v) is 8.12. The van der Waals surface area contributed by atoms with Gasteiger partial charge in [0.05, 0.1) is 23.4 Å². The minimum Gasteiger partial charge on any atom is -0.347 e. The average Bonchev–Trinajstić information content (AvgIpc) is 2.57. The molecule has 1 aromatic heterocycles. The van der Waals surface area contributed by atoms with Crippen LogP contribution < -0.4 is 15.5 Å². The molecule has 12 heteroatoms. The van der Waals surface area contributed by atoms with Crippen LogP contribution in [-0.4, -0.2) is 30.1 Å². The van der Waals surface area contributed by atoms with Crippen LogP contribution in [0.4, 0.5) is 42.8 Å². The molecule has 0 bridgehead atoms. The number of hydrogen-bond acceptors (Lipinski definition) is 4. The number of carbonyl (C=O) groups is 1. The predicted molar refractivity (Wildman–Crippen MR) is 93.4 cm³/mol. The molecule has 2 aromatic rings.